The molecule has 1 aromatic heterocycles. The third kappa shape index (κ3) is 4.63. The maximum absolute atomic E-state index is 13.0. The fraction of sp³-hybridized carbons (Fsp3) is 0.429. The number of fused-ring (bicyclic) bond motifs is 1. The van der Waals surface area contributed by atoms with Crippen molar-refractivity contribution in [3.05, 3.63) is 58.9 Å². The van der Waals surface area contributed by atoms with E-state index in [-0.39, 0.29) is 34.8 Å². The van der Waals surface area contributed by atoms with Gasteiger partial charge in [-0.25, -0.2) is 0 Å². The number of rotatable bonds is 6. The number of pyridine rings is 1. The Balaban J connectivity index is 1.36. The summed E-state index contributed by atoms with van der Waals surface area (Å²) in [7, 11) is 0. The second kappa shape index (κ2) is 8.64. The van der Waals surface area contributed by atoms with Gasteiger partial charge in [-0.3, -0.25) is 14.5 Å². The molecule has 3 heterocycles. The largest absolute Gasteiger partial charge is 0.522 e. The third-order valence-electron chi connectivity index (χ3n) is 5.62. The highest BCUT2D eigenvalue weighted by Gasteiger charge is 2.54. The summed E-state index contributed by atoms with van der Waals surface area (Å²) < 4.78 is 50.6. The maximum Gasteiger partial charge on any atom is 0.522 e. The van der Waals surface area contributed by atoms with E-state index < -0.39 is 13.0 Å². The summed E-state index contributed by atoms with van der Waals surface area (Å²) in [6.07, 6.45) is -2.32. The van der Waals surface area contributed by atoms with Crippen LogP contribution in [0.15, 0.2) is 42.6 Å². The molecular formula is C21H20ClF3N2O4. The van der Waals surface area contributed by atoms with Gasteiger partial charge in [-0.1, -0.05) is 17.7 Å². The average molecular weight is 457 g/mol. The van der Waals surface area contributed by atoms with Crippen molar-refractivity contribution in [2.45, 2.75) is 24.3 Å². The lowest BCUT2D eigenvalue weighted by atomic mass is 9.70. The molecule has 10 heteroatoms. The van der Waals surface area contributed by atoms with E-state index in [1.54, 1.807) is 11.1 Å². The number of hydrogen-bond donors (Lipinski definition) is 0. The highest BCUT2D eigenvalue weighted by atomic mass is 35.5. The van der Waals surface area contributed by atoms with Gasteiger partial charge in [0.05, 0.1) is 35.4 Å². The zero-order valence-electron chi connectivity index (χ0n) is 16.4. The van der Waals surface area contributed by atoms with E-state index >= 15 is 0 Å². The van der Waals surface area contributed by atoms with Crippen LogP contribution in [0.1, 0.15) is 22.5 Å². The first-order valence-corrected chi connectivity index (χ1v) is 10.1. The topological polar surface area (TPSA) is 60.9 Å². The first-order valence-electron chi connectivity index (χ1n) is 9.74. The molecule has 0 N–H and O–H groups in total. The summed E-state index contributed by atoms with van der Waals surface area (Å²) in [5.41, 5.74) is 1.19. The Kier molecular flexibility index (Phi) is 6.09. The van der Waals surface area contributed by atoms with Crippen molar-refractivity contribution in [2.75, 3.05) is 32.9 Å². The minimum atomic E-state index is -4.71. The molecule has 2 saturated heterocycles. The third-order valence-corrected chi connectivity index (χ3v) is 5.92. The van der Waals surface area contributed by atoms with Crippen LogP contribution in [-0.4, -0.2) is 61.2 Å². The summed E-state index contributed by atoms with van der Waals surface area (Å²) in [6, 6.07) is 10.3. The van der Waals surface area contributed by atoms with Crippen LogP contribution < -0.4 is 4.74 Å². The van der Waals surface area contributed by atoms with Gasteiger partial charge in [0.25, 0.3) is 5.91 Å². The molecule has 1 amide bonds. The number of benzene rings is 1. The van der Waals surface area contributed by atoms with Gasteiger partial charge < -0.3 is 14.4 Å². The molecule has 2 aliphatic rings. The van der Waals surface area contributed by atoms with E-state index in [1.165, 1.54) is 18.2 Å². The van der Waals surface area contributed by atoms with Crippen LogP contribution in [0.5, 0.6) is 5.75 Å². The molecule has 1 aromatic carbocycles. The molecule has 0 bridgehead atoms. The number of alkyl halides is 3. The lowest BCUT2D eigenvalue weighted by Crippen LogP contribution is -2.65. The number of carbonyl (C=O) groups is 1. The molecule has 2 aromatic rings. The standard InChI is InChI=1S/C21H20ClF3N2O4/c22-15-11-14(4-5-16(15)29-9-10-31-21(23,24)25)19(28)27-8-6-20(13-30-18(20)12-27)17-3-1-2-7-26-17/h1-5,7,11,18H,6,8-10,12-13H2/t18?,20-/m0/s1. The molecule has 0 spiro atoms. The van der Waals surface area contributed by atoms with E-state index in [2.05, 4.69) is 9.72 Å². The van der Waals surface area contributed by atoms with Crippen LogP contribution in [0.3, 0.4) is 0 Å². The van der Waals surface area contributed by atoms with E-state index in [1.807, 2.05) is 18.2 Å². The Morgan fingerprint density at radius 2 is 2.13 bits per heavy atom. The number of ether oxygens (including phenoxy) is 3. The SMILES string of the molecule is O=C(c1ccc(OCCOC(F)(F)F)c(Cl)c1)N1CC[C@@]2(c3ccccn3)COC2C1. The van der Waals surface area contributed by atoms with Crippen LogP contribution in [0.2, 0.25) is 5.02 Å². The van der Waals surface area contributed by atoms with Crippen molar-refractivity contribution in [3.8, 4) is 5.75 Å². The summed E-state index contributed by atoms with van der Waals surface area (Å²) in [4.78, 5) is 19.2. The van der Waals surface area contributed by atoms with Crippen molar-refractivity contribution in [1.82, 2.24) is 9.88 Å². The van der Waals surface area contributed by atoms with Gasteiger partial charge in [0.1, 0.15) is 12.4 Å². The number of nitrogens with zero attached hydrogens (tertiary/aromatic N) is 2. The molecule has 0 saturated carbocycles. The maximum atomic E-state index is 13.0. The van der Waals surface area contributed by atoms with E-state index in [0.29, 0.717) is 25.3 Å². The molecule has 1 unspecified atom stereocenters. The molecule has 0 radical (unpaired) electrons. The second-order valence-corrected chi connectivity index (χ2v) is 7.87. The van der Waals surface area contributed by atoms with Crippen molar-refractivity contribution in [2.24, 2.45) is 0 Å². The number of aromatic nitrogens is 1. The second-order valence-electron chi connectivity index (χ2n) is 7.46. The number of likely N-dealkylation sites (tertiary alicyclic amines) is 1. The predicted octanol–water partition coefficient (Wildman–Crippen LogP) is 3.83. The van der Waals surface area contributed by atoms with Gasteiger partial charge >= 0.3 is 6.36 Å². The fourth-order valence-corrected chi connectivity index (χ4v) is 4.18. The highest BCUT2D eigenvalue weighted by molar-refractivity contribution is 6.32. The molecule has 4 rings (SSSR count). The Labute approximate surface area is 181 Å². The number of amides is 1. The van der Waals surface area contributed by atoms with Crippen LogP contribution in [0.25, 0.3) is 0 Å². The Morgan fingerprint density at radius 1 is 1.29 bits per heavy atom. The lowest BCUT2D eigenvalue weighted by molar-refractivity contribution is -0.325. The fourth-order valence-electron chi connectivity index (χ4n) is 3.94. The number of piperidine rings is 1. The smallest absolute Gasteiger partial charge is 0.490 e. The molecule has 2 fully saturated rings. The molecule has 0 aliphatic carbocycles. The monoisotopic (exact) mass is 456 g/mol. The molecular weight excluding hydrogens is 437 g/mol. The van der Waals surface area contributed by atoms with Gasteiger partial charge in [0.15, 0.2) is 0 Å². The van der Waals surface area contributed by atoms with Gasteiger partial charge in [0, 0.05) is 24.8 Å². The number of halogens is 4. The first-order chi connectivity index (χ1) is 14.8. The lowest BCUT2D eigenvalue weighted by Gasteiger charge is -2.54. The van der Waals surface area contributed by atoms with Crippen molar-refractivity contribution in [1.29, 1.82) is 0 Å². The Hall–Kier alpha value is -2.36. The summed E-state index contributed by atoms with van der Waals surface area (Å²) >= 11 is 6.15. The first kappa shape index (κ1) is 21.9. The minimum absolute atomic E-state index is 0.119. The normalized spacial score (nSPS) is 23.1. The quantitative estimate of drug-likeness (QED) is 0.618. The van der Waals surface area contributed by atoms with Gasteiger partial charge in [0.2, 0.25) is 0 Å². The molecule has 6 nitrogen and oxygen atoms in total. The minimum Gasteiger partial charge on any atom is -0.490 e. The number of hydrogen-bond acceptors (Lipinski definition) is 5. The number of carbonyl (C=O) groups excluding carboxylic acids is 1. The summed E-state index contributed by atoms with van der Waals surface area (Å²) in [5, 5.41) is 0.137. The summed E-state index contributed by atoms with van der Waals surface area (Å²) in [5.74, 6) is -0.0156. The van der Waals surface area contributed by atoms with Crippen LogP contribution >= 0.6 is 11.6 Å². The van der Waals surface area contributed by atoms with Crippen molar-refractivity contribution >= 4 is 17.5 Å². The zero-order valence-corrected chi connectivity index (χ0v) is 17.2. The predicted molar refractivity (Wildman–Crippen MR) is 105 cm³/mol. The Morgan fingerprint density at radius 3 is 2.74 bits per heavy atom. The Bertz CT molecular complexity index is 944. The van der Waals surface area contributed by atoms with E-state index in [0.717, 1.165) is 12.1 Å². The van der Waals surface area contributed by atoms with E-state index in [9.17, 15) is 18.0 Å². The van der Waals surface area contributed by atoms with Crippen LogP contribution in [-0.2, 0) is 14.9 Å². The van der Waals surface area contributed by atoms with Crippen molar-refractivity contribution in [3.63, 3.8) is 0 Å². The van der Waals surface area contributed by atoms with Crippen molar-refractivity contribution < 1.29 is 32.2 Å². The molecule has 2 aliphatic heterocycles. The molecule has 31 heavy (non-hydrogen) atoms. The summed E-state index contributed by atoms with van der Waals surface area (Å²) in [6.45, 7) is 0.605. The zero-order chi connectivity index (χ0) is 22.1. The highest BCUT2D eigenvalue weighted by Crippen LogP contribution is 2.44. The van der Waals surface area contributed by atoms with Gasteiger partial charge in [-0.15, -0.1) is 13.2 Å². The van der Waals surface area contributed by atoms with Gasteiger partial charge in [-0.05, 0) is 36.8 Å². The molecule has 166 valence electrons. The van der Waals surface area contributed by atoms with Gasteiger partial charge in [-0.2, -0.15) is 0 Å². The molecule has 2 atom stereocenters. The average Bonchev–Trinajstić information content (AvgIpc) is 2.72. The van der Waals surface area contributed by atoms with Crippen LogP contribution in [0.4, 0.5) is 13.2 Å². The van der Waals surface area contributed by atoms with Crippen LogP contribution in [0, 0.1) is 0 Å². The van der Waals surface area contributed by atoms with E-state index in [4.69, 9.17) is 21.1 Å².